The summed E-state index contributed by atoms with van der Waals surface area (Å²) >= 11 is 1.65. The van der Waals surface area contributed by atoms with E-state index in [4.69, 9.17) is 5.26 Å². The Hall–Kier alpha value is -1.13. The van der Waals surface area contributed by atoms with E-state index in [2.05, 4.69) is 47.7 Å². The van der Waals surface area contributed by atoms with Crippen molar-refractivity contribution in [2.75, 3.05) is 12.3 Å². The van der Waals surface area contributed by atoms with Crippen LogP contribution in [0, 0.1) is 11.3 Å². The molecule has 0 fully saturated rings. The number of hydrogen-bond acceptors (Lipinski definition) is 6. The first kappa shape index (κ1) is 15.9. The van der Waals surface area contributed by atoms with E-state index in [1.54, 1.807) is 11.8 Å². The maximum atomic E-state index is 8.46. The van der Waals surface area contributed by atoms with Gasteiger partial charge >= 0.3 is 0 Å². The minimum Gasteiger partial charge on any atom is -0.310 e. The van der Waals surface area contributed by atoms with Crippen LogP contribution in [0.1, 0.15) is 40.0 Å². The average molecular weight is 282 g/mol. The SMILES string of the molecule is CC(C)(C)NCCn1nnnc1SCCCCC#N. The number of nitriles is 1. The fourth-order valence-corrected chi connectivity index (χ4v) is 2.35. The summed E-state index contributed by atoms with van der Waals surface area (Å²) in [5, 5.41) is 24.4. The van der Waals surface area contributed by atoms with E-state index >= 15 is 0 Å². The van der Waals surface area contributed by atoms with Crippen LogP contribution in [-0.2, 0) is 6.54 Å². The van der Waals surface area contributed by atoms with Gasteiger partial charge in [-0.15, -0.1) is 5.10 Å². The smallest absolute Gasteiger partial charge is 0.209 e. The molecular formula is C12H22N6S. The third-order valence-electron chi connectivity index (χ3n) is 2.39. The summed E-state index contributed by atoms with van der Waals surface area (Å²) in [6.45, 7) is 8.02. The first-order chi connectivity index (χ1) is 9.03. The second kappa shape index (κ2) is 8.12. The van der Waals surface area contributed by atoms with Crippen LogP contribution < -0.4 is 5.32 Å². The van der Waals surface area contributed by atoms with Gasteiger partial charge in [0.1, 0.15) is 0 Å². The topological polar surface area (TPSA) is 79.4 Å². The fraction of sp³-hybridized carbons (Fsp3) is 0.833. The van der Waals surface area contributed by atoms with E-state index in [0.717, 1.165) is 36.8 Å². The average Bonchev–Trinajstić information content (AvgIpc) is 2.75. The number of thioether (sulfide) groups is 1. The maximum Gasteiger partial charge on any atom is 0.209 e. The maximum absolute atomic E-state index is 8.46. The molecule has 6 nitrogen and oxygen atoms in total. The molecular weight excluding hydrogens is 260 g/mol. The van der Waals surface area contributed by atoms with Crippen LogP contribution >= 0.6 is 11.8 Å². The van der Waals surface area contributed by atoms with Gasteiger partial charge < -0.3 is 5.32 Å². The van der Waals surface area contributed by atoms with Crippen molar-refractivity contribution in [1.82, 2.24) is 25.5 Å². The normalized spacial score (nSPS) is 11.5. The highest BCUT2D eigenvalue weighted by Crippen LogP contribution is 2.15. The van der Waals surface area contributed by atoms with Crippen LogP contribution in [0.4, 0.5) is 0 Å². The van der Waals surface area contributed by atoms with Gasteiger partial charge in [-0.3, -0.25) is 0 Å². The predicted octanol–water partition coefficient (Wildman–Crippen LogP) is 1.85. The Bertz CT molecular complexity index is 403. The zero-order valence-electron chi connectivity index (χ0n) is 11.9. The van der Waals surface area contributed by atoms with Crippen molar-refractivity contribution in [2.45, 2.75) is 57.3 Å². The Labute approximate surface area is 118 Å². The minimum atomic E-state index is 0.110. The summed E-state index contributed by atoms with van der Waals surface area (Å²) in [6.07, 6.45) is 2.59. The summed E-state index contributed by atoms with van der Waals surface area (Å²) in [6, 6.07) is 2.15. The van der Waals surface area contributed by atoms with Gasteiger partial charge in [0.15, 0.2) is 0 Å². The summed E-state index contributed by atoms with van der Waals surface area (Å²) in [5.41, 5.74) is 0.110. The molecule has 7 heteroatoms. The zero-order chi connectivity index (χ0) is 14.1. The number of tetrazole rings is 1. The molecule has 0 aliphatic rings. The van der Waals surface area contributed by atoms with Crippen molar-refractivity contribution in [3.63, 3.8) is 0 Å². The summed E-state index contributed by atoms with van der Waals surface area (Å²) in [4.78, 5) is 0. The van der Waals surface area contributed by atoms with Crippen molar-refractivity contribution in [3.05, 3.63) is 0 Å². The molecule has 19 heavy (non-hydrogen) atoms. The fourth-order valence-electron chi connectivity index (χ4n) is 1.45. The lowest BCUT2D eigenvalue weighted by Gasteiger charge is -2.20. The van der Waals surface area contributed by atoms with Crippen molar-refractivity contribution in [2.24, 2.45) is 0 Å². The highest BCUT2D eigenvalue weighted by atomic mass is 32.2. The molecule has 0 unspecified atom stereocenters. The first-order valence-electron chi connectivity index (χ1n) is 6.54. The second-order valence-electron chi connectivity index (χ2n) is 5.33. The van der Waals surface area contributed by atoms with Gasteiger partial charge in [0.25, 0.3) is 0 Å². The van der Waals surface area contributed by atoms with Crippen molar-refractivity contribution in [3.8, 4) is 6.07 Å². The lowest BCUT2D eigenvalue weighted by molar-refractivity contribution is 0.396. The van der Waals surface area contributed by atoms with Crippen LogP contribution in [0.3, 0.4) is 0 Å². The molecule has 1 aromatic heterocycles. The Morgan fingerprint density at radius 2 is 2.16 bits per heavy atom. The zero-order valence-corrected chi connectivity index (χ0v) is 12.7. The van der Waals surface area contributed by atoms with Gasteiger partial charge in [0.2, 0.25) is 5.16 Å². The molecule has 0 aromatic carbocycles. The summed E-state index contributed by atoms with van der Waals surface area (Å²) in [5.74, 6) is 0.953. The van der Waals surface area contributed by atoms with Crippen molar-refractivity contribution < 1.29 is 0 Å². The molecule has 0 radical (unpaired) electrons. The van der Waals surface area contributed by atoms with Gasteiger partial charge in [-0.25, -0.2) is 4.68 Å². The van der Waals surface area contributed by atoms with Crippen LogP contribution in [0.15, 0.2) is 5.16 Å². The van der Waals surface area contributed by atoms with Gasteiger partial charge in [0, 0.05) is 24.3 Å². The molecule has 1 rings (SSSR count). The van der Waals surface area contributed by atoms with E-state index < -0.39 is 0 Å². The van der Waals surface area contributed by atoms with Gasteiger partial charge in [-0.05, 0) is 44.0 Å². The first-order valence-corrected chi connectivity index (χ1v) is 7.52. The third-order valence-corrected chi connectivity index (χ3v) is 3.44. The molecule has 1 heterocycles. The second-order valence-corrected chi connectivity index (χ2v) is 6.39. The number of unbranched alkanes of at least 4 members (excludes halogenated alkanes) is 2. The van der Waals surface area contributed by atoms with E-state index in [1.807, 2.05) is 4.68 Å². The Morgan fingerprint density at radius 3 is 2.84 bits per heavy atom. The molecule has 0 atom stereocenters. The summed E-state index contributed by atoms with van der Waals surface area (Å²) in [7, 11) is 0. The predicted molar refractivity (Wildman–Crippen MR) is 75.8 cm³/mol. The largest absolute Gasteiger partial charge is 0.310 e. The number of rotatable bonds is 8. The van der Waals surface area contributed by atoms with E-state index in [1.165, 1.54) is 0 Å². The summed E-state index contributed by atoms with van der Waals surface area (Å²) < 4.78 is 1.83. The van der Waals surface area contributed by atoms with E-state index in [9.17, 15) is 0 Å². The van der Waals surface area contributed by atoms with Crippen LogP contribution in [-0.4, -0.2) is 38.0 Å². The molecule has 0 amide bonds. The third kappa shape index (κ3) is 7.13. The van der Waals surface area contributed by atoms with E-state index in [0.29, 0.717) is 6.42 Å². The van der Waals surface area contributed by atoms with Crippen LogP contribution in [0.5, 0.6) is 0 Å². The molecule has 1 aromatic rings. The lowest BCUT2D eigenvalue weighted by Crippen LogP contribution is -2.38. The molecule has 106 valence electrons. The van der Waals surface area contributed by atoms with E-state index in [-0.39, 0.29) is 5.54 Å². The molecule has 0 saturated heterocycles. The minimum absolute atomic E-state index is 0.110. The van der Waals surface area contributed by atoms with Crippen molar-refractivity contribution in [1.29, 1.82) is 5.26 Å². The highest BCUT2D eigenvalue weighted by Gasteiger charge is 2.10. The van der Waals surface area contributed by atoms with Gasteiger partial charge in [-0.2, -0.15) is 5.26 Å². The number of aromatic nitrogens is 4. The molecule has 0 bridgehead atoms. The van der Waals surface area contributed by atoms with Crippen LogP contribution in [0.2, 0.25) is 0 Å². The lowest BCUT2D eigenvalue weighted by atomic mass is 10.1. The number of nitrogens with one attached hydrogen (secondary N) is 1. The molecule has 0 aliphatic carbocycles. The molecule has 1 N–H and O–H groups in total. The van der Waals surface area contributed by atoms with Gasteiger partial charge in [-0.1, -0.05) is 11.8 Å². The Kier molecular flexibility index (Phi) is 6.81. The Balaban J connectivity index is 2.28. The molecule has 0 saturated carbocycles. The standard InChI is InChI=1S/C12H22N6S/c1-12(2,3)14-8-9-18-11(15-16-17-18)19-10-6-4-5-7-13/h14H,4-6,8-10H2,1-3H3. The Morgan fingerprint density at radius 1 is 1.37 bits per heavy atom. The highest BCUT2D eigenvalue weighted by molar-refractivity contribution is 7.99. The number of nitrogens with zero attached hydrogens (tertiary/aromatic N) is 5. The number of hydrogen-bond donors (Lipinski definition) is 1. The quantitative estimate of drug-likeness (QED) is 0.579. The molecule has 0 spiro atoms. The van der Waals surface area contributed by atoms with Gasteiger partial charge in [0.05, 0.1) is 12.6 Å². The molecule has 0 aliphatic heterocycles. The van der Waals surface area contributed by atoms with Crippen LogP contribution in [0.25, 0.3) is 0 Å². The van der Waals surface area contributed by atoms with Crippen molar-refractivity contribution >= 4 is 11.8 Å². The monoisotopic (exact) mass is 282 g/mol.